The molecule has 118 valence electrons. The molecule has 1 aromatic rings. The van der Waals surface area contributed by atoms with Crippen molar-refractivity contribution in [3.05, 3.63) is 29.8 Å². The summed E-state index contributed by atoms with van der Waals surface area (Å²) in [6.45, 7) is 3.39. The van der Waals surface area contributed by atoms with Crippen molar-refractivity contribution in [3.8, 4) is 5.75 Å². The minimum atomic E-state index is 0.636. The van der Waals surface area contributed by atoms with Gasteiger partial charge in [-0.2, -0.15) is 0 Å². The van der Waals surface area contributed by atoms with Crippen molar-refractivity contribution in [3.63, 3.8) is 0 Å². The van der Waals surface area contributed by atoms with Crippen molar-refractivity contribution >= 4 is 0 Å². The van der Waals surface area contributed by atoms with Crippen LogP contribution in [0.1, 0.15) is 57.4 Å². The zero-order valence-electron chi connectivity index (χ0n) is 13.7. The topological polar surface area (TPSA) is 21.3 Å². The van der Waals surface area contributed by atoms with Crippen molar-refractivity contribution in [2.75, 3.05) is 13.7 Å². The van der Waals surface area contributed by atoms with Crippen LogP contribution in [0, 0.1) is 5.92 Å². The largest absolute Gasteiger partial charge is 0.497 e. The molecule has 0 radical (unpaired) electrons. The molecule has 2 nitrogen and oxygen atoms in total. The fourth-order valence-corrected chi connectivity index (χ4v) is 3.46. The molecule has 1 N–H and O–H groups in total. The monoisotopic (exact) mass is 289 g/mol. The number of benzene rings is 1. The van der Waals surface area contributed by atoms with Crippen molar-refractivity contribution in [1.29, 1.82) is 0 Å². The Balaban J connectivity index is 1.99. The van der Waals surface area contributed by atoms with Gasteiger partial charge in [-0.05, 0) is 55.8 Å². The fraction of sp³-hybridized carbons (Fsp3) is 0.684. The summed E-state index contributed by atoms with van der Waals surface area (Å²) in [5.41, 5.74) is 1.42. The standard InChI is InChI=1S/C19H31NO/c1-3-14-20-19(17-8-6-4-5-7-9-17)15-16-10-12-18(21-2)13-11-16/h10-13,17,19-20H,3-9,14-15H2,1-2H3. The summed E-state index contributed by atoms with van der Waals surface area (Å²) in [6.07, 6.45) is 10.9. The van der Waals surface area contributed by atoms with Gasteiger partial charge >= 0.3 is 0 Å². The number of rotatable bonds is 7. The normalized spacial score (nSPS) is 18.2. The van der Waals surface area contributed by atoms with Crippen LogP contribution in [0.15, 0.2) is 24.3 Å². The predicted octanol–water partition coefficient (Wildman–Crippen LogP) is 4.58. The summed E-state index contributed by atoms with van der Waals surface area (Å²) in [4.78, 5) is 0. The van der Waals surface area contributed by atoms with Gasteiger partial charge in [0.05, 0.1) is 7.11 Å². The van der Waals surface area contributed by atoms with Gasteiger partial charge in [-0.25, -0.2) is 0 Å². The highest BCUT2D eigenvalue weighted by atomic mass is 16.5. The zero-order valence-corrected chi connectivity index (χ0v) is 13.7. The van der Waals surface area contributed by atoms with Crippen LogP contribution in [0.5, 0.6) is 5.75 Å². The highest BCUT2D eigenvalue weighted by molar-refractivity contribution is 5.27. The minimum Gasteiger partial charge on any atom is -0.497 e. The van der Waals surface area contributed by atoms with E-state index in [0.29, 0.717) is 6.04 Å². The number of hydrogen-bond donors (Lipinski definition) is 1. The molecule has 0 bridgehead atoms. The van der Waals surface area contributed by atoms with Gasteiger partial charge in [0.25, 0.3) is 0 Å². The lowest BCUT2D eigenvalue weighted by Gasteiger charge is -2.27. The van der Waals surface area contributed by atoms with Gasteiger partial charge in [-0.3, -0.25) is 0 Å². The first-order valence-electron chi connectivity index (χ1n) is 8.69. The van der Waals surface area contributed by atoms with E-state index in [1.807, 2.05) is 0 Å². The van der Waals surface area contributed by atoms with E-state index in [9.17, 15) is 0 Å². The van der Waals surface area contributed by atoms with Crippen molar-refractivity contribution in [1.82, 2.24) is 5.32 Å². The van der Waals surface area contributed by atoms with E-state index in [0.717, 1.165) is 24.6 Å². The molecule has 0 spiro atoms. The highest BCUT2D eigenvalue weighted by Crippen LogP contribution is 2.27. The van der Waals surface area contributed by atoms with Crippen LogP contribution in [-0.2, 0) is 6.42 Å². The minimum absolute atomic E-state index is 0.636. The first-order valence-corrected chi connectivity index (χ1v) is 8.69. The Kier molecular flexibility index (Phi) is 7.08. The molecule has 0 heterocycles. The summed E-state index contributed by atoms with van der Waals surface area (Å²) in [5, 5.41) is 3.81. The smallest absolute Gasteiger partial charge is 0.118 e. The third kappa shape index (κ3) is 5.35. The maximum Gasteiger partial charge on any atom is 0.118 e. The van der Waals surface area contributed by atoms with Crippen LogP contribution >= 0.6 is 0 Å². The Morgan fingerprint density at radius 2 is 1.76 bits per heavy atom. The second-order valence-electron chi connectivity index (χ2n) is 6.36. The van der Waals surface area contributed by atoms with Crippen LogP contribution in [0.2, 0.25) is 0 Å². The van der Waals surface area contributed by atoms with Crippen LogP contribution in [0.4, 0.5) is 0 Å². The number of hydrogen-bond acceptors (Lipinski definition) is 2. The van der Waals surface area contributed by atoms with E-state index >= 15 is 0 Å². The van der Waals surface area contributed by atoms with E-state index < -0.39 is 0 Å². The van der Waals surface area contributed by atoms with Crippen LogP contribution in [-0.4, -0.2) is 19.7 Å². The van der Waals surface area contributed by atoms with Gasteiger partial charge in [0.15, 0.2) is 0 Å². The van der Waals surface area contributed by atoms with Gasteiger partial charge in [0, 0.05) is 6.04 Å². The number of nitrogens with one attached hydrogen (secondary N) is 1. The Morgan fingerprint density at radius 3 is 2.33 bits per heavy atom. The van der Waals surface area contributed by atoms with Crippen molar-refractivity contribution in [2.24, 2.45) is 5.92 Å². The molecule has 0 saturated heterocycles. The highest BCUT2D eigenvalue weighted by Gasteiger charge is 2.22. The summed E-state index contributed by atoms with van der Waals surface area (Å²) in [5.74, 6) is 1.80. The average molecular weight is 289 g/mol. The fourth-order valence-electron chi connectivity index (χ4n) is 3.46. The van der Waals surface area contributed by atoms with Crippen molar-refractivity contribution < 1.29 is 4.74 Å². The molecule has 1 aliphatic rings. The van der Waals surface area contributed by atoms with Crippen molar-refractivity contribution in [2.45, 2.75) is 64.3 Å². The van der Waals surface area contributed by atoms with E-state index in [-0.39, 0.29) is 0 Å². The van der Waals surface area contributed by atoms with Gasteiger partial charge in [-0.15, -0.1) is 0 Å². The Labute approximate surface area is 130 Å². The number of methoxy groups -OCH3 is 1. The molecule has 21 heavy (non-hydrogen) atoms. The number of ether oxygens (including phenoxy) is 1. The Morgan fingerprint density at radius 1 is 1.10 bits per heavy atom. The first kappa shape index (κ1) is 16.4. The average Bonchev–Trinajstić information content (AvgIpc) is 2.81. The van der Waals surface area contributed by atoms with Gasteiger partial charge < -0.3 is 10.1 Å². The molecule has 0 aliphatic heterocycles. The molecule has 1 atom stereocenters. The lowest BCUT2D eigenvalue weighted by Crippen LogP contribution is -2.38. The van der Waals surface area contributed by atoms with Gasteiger partial charge in [0.1, 0.15) is 5.75 Å². The van der Waals surface area contributed by atoms with Gasteiger partial charge in [0.2, 0.25) is 0 Å². The maximum absolute atomic E-state index is 5.26. The molecule has 1 aromatic carbocycles. The van der Waals surface area contributed by atoms with E-state index in [1.165, 1.54) is 50.5 Å². The third-order valence-corrected chi connectivity index (χ3v) is 4.74. The van der Waals surface area contributed by atoms with E-state index in [4.69, 9.17) is 4.74 Å². The lowest BCUT2D eigenvalue weighted by molar-refractivity contribution is 0.317. The third-order valence-electron chi connectivity index (χ3n) is 4.74. The zero-order chi connectivity index (χ0) is 14.9. The van der Waals surface area contributed by atoms with E-state index in [2.05, 4.69) is 36.5 Å². The first-order chi connectivity index (χ1) is 10.3. The summed E-state index contributed by atoms with van der Waals surface area (Å²) in [6, 6.07) is 9.24. The molecule has 2 heteroatoms. The molecule has 1 unspecified atom stereocenters. The molecule has 2 rings (SSSR count). The molecule has 1 saturated carbocycles. The van der Waals surface area contributed by atoms with Gasteiger partial charge in [-0.1, -0.05) is 44.7 Å². The Hall–Kier alpha value is -1.02. The predicted molar refractivity (Wildman–Crippen MR) is 90.0 cm³/mol. The molecule has 1 fully saturated rings. The SMILES string of the molecule is CCCNC(Cc1ccc(OC)cc1)C1CCCCCC1. The lowest BCUT2D eigenvalue weighted by atomic mass is 9.87. The summed E-state index contributed by atoms with van der Waals surface area (Å²) >= 11 is 0. The molecule has 0 aromatic heterocycles. The van der Waals surface area contributed by atoms with E-state index in [1.54, 1.807) is 7.11 Å². The molecule has 1 aliphatic carbocycles. The van der Waals surface area contributed by atoms with Crippen LogP contribution in [0.3, 0.4) is 0 Å². The van der Waals surface area contributed by atoms with Crippen LogP contribution in [0.25, 0.3) is 0 Å². The Bertz CT molecular complexity index is 379. The molecular formula is C19H31NO. The quantitative estimate of drug-likeness (QED) is 0.742. The summed E-state index contributed by atoms with van der Waals surface area (Å²) in [7, 11) is 1.73. The molecular weight excluding hydrogens is 258 g/mol. The van der Waals surface area contributed by atoms with Crippen LogP contribution < -0.4 is 10.1 Å². The maximum atomic E-state index is 5.26. The molecule has 0 amide bonds. The second kappa shape index (κ2) is 9.09. The second-order valence-corrected chi connectivity index (χ2v) is 6.36. The summed E-state index contributed by atoms with van der Waals surface area (Å²) < 4.78 is 5.26.